The summed E-state index contributed by atoms with van der Waals surface area (Å²) in [6.07, 6.45) is 7.85. The third-order valence-electron chi connectivity index (χ3n) is 6.28. The first kappa shape index (κ1) is 20.0. The van der Waals surface area contributed by atoms with Crippen LogP contribution in [-0.2, 0) is 24.3 Å². The summed E-state index contributed by atoms with van der Waals surface area (Å²) < 4.78 is 1.28. The fourth-order valence-electron chi connectivity index (χ4n) is 4.60. The van der Waals surface area contributed by atoms with Gasteiger partial charge in [-0.05, 0) is 43.2 Å². The monoisotopic (exact) mass is 435 g/mol. The number of carbonyl (C=O) groups is 1. The van der Waals surface area contributed by atoms with Crippen LogP contribution < -0.4 is 11.2 Å². The Kier molecular flexibility index (Phi) is 5.36. The van der Waals surface area contributed by atoms with Crippen molar-refractivity contribution in [3.63, 3.8) is 0 Å². The number of aromatic amines is 1. The van der Waals surface area contributed by atoms with Crippen LogP contribution in [0.5, 0.6) is 0 Å². The normalized spacial score (nSPS) is 16.3. The van der Waals surface area contributed by atoms with E-state index in [2.05, 4.69) is 11.1 Å². The fourth-order valence-corrected chi connectivity index (χ4v) is 5.85. The van der Waals surface area contributed by atoms with E-state index in [4.69, 9.17) is 0 Å². The average molecular weight is 436 g/mol. The Hall–Kier alpha value is -2.93. The van der Waals surface area contributed by atoms with Gasteiger partial charge >= 0.3 is 5.69 Å². The lowest BCUT2D eigenvalue weighted by Gasteiger charge is -2.27. The van der Waals surface area contributed by atoms with Gasteiger partial charge in [-0.1, -0.05) is 42.0 Å². The van der Waals surface area contributed by atoms with Crippen LogP contribution in [0.2, 0.25) is 0 Å². The van der Waals surface area contributed by atoms with Crippen molar-refractivity contribution in [2.75, 3.05) is 6.54 Å². The van der Waals surface area contributed by atoms with Crippen molar-refractivity contribution in [2.45, 2.75) is 51.6 Å². The number of benzene rings is 1. The molecule has 2 aliphatic rings. The Bertz CT molecular complexity index is 1280. The number of nitrogens with one attached hydrogen (secondary N) is 1. The zero-order chi connectivity index (χ0) is 21.4. The predicted molar refractivity (Wildman–Crippen MR) is 123 cm³/mol. The molecule has 0 saturated heterocycles. The molecule has 3 heterocycles. The summed E-state index contributed by atoms with van der Waals surface area (Å²) in [5.74, 6) is 0.159. The molecular formula is C24H25N3O3S. The maximum absolute atomic E-state index is 13.2. The van der Waals surface area contributed by atoms with E-state index in [1.165, 1.54) is 34.3 Å². The van der Waals surface area contributed by atoms with E-state index >= 15 is 0 Å². The first-order valence-electron chi connectivity index (χ1n) is 10.9. The molecule has 0 atom stereocenters. The SMILES string of the molecule is O=C(CC1=CCCCC1)N1CCc2c(sc3[nH]c(=O)n(Cc4ccccc4)c(=O)c23)C1. The Morgan fingerprint density at radius 1 is 1.10 bits per heavy atom. The van der Waals surface area contributed by atoms with Crippen molar-refractivity contribution < 1.29 is 4.79 Å². The number of aromatic nitrogens is 2. The molecule has 160 valence electrons. The van der Waals surface area contributed by atoms with E-state index in [9.17, 15) is 14.4 Å². The predicted octanol–water partition coefficient (Wildman–Crippen LogP) is 3.57. The fraction of sp³-hybridized carbons (Fsp3) is 0.375. The number of fused-ring (bicyclic) bond motifs is 3. The summed E-state index contributed by atoms with van der Waals surface area (Å²) in [4.78, 5) is 45.1. The number of amides is 1. The quantitative estimate of drug-likeness (QED) is 0.637. The largest absolute Gasteiger partial charge is 0.337 e. The van der Waals surface area contributed by atoms with Gasteiger partial charge in [0, 0.05) is 17.8 Å². The second-order valence-corrected chi connectivity index (χ2v) is 9.47. The van der Waals surface area contributed by atoms with E-state index in [1.54, 1.807) is 0 Å². The summed E-state index contributed by atoms with van der Waals surface area (Å²) >= 11 is 1.43. The highest BCUT2D eigenvalue weighted by Crippen LogP contribution is 2.32. The van der Waals surface area contributed by atoms with Crippen molar-refractivity contribution in [3.05, 3.63) is 78.8 Å². The molecule has 3 aromatic rings. The molecule has 1 N–H and O–H groups in total. The van der Waals surface area contributed by atoms with E-state index in [1.807, 2.05) is 35.2 Å². The lowest BCUT2D eigenvalue weighted by atomic mass is 9.96. The minimum atomic E-state index is -0.392. The molecule has 1 amide bonds. The molecule has 0 bridgehead atoms. The van der Waals surface area contributed by atoms with Crippen LogP contribution in [0.15, 0.2) is 51.6 Å². The summed E-state index contributed by atoms with van der Waals surface area (Å²) in [6, 6.07) is 9.52. The molecule has 6 nitrogen and oxygen atoms in total. The molecule has 0 radical (unpaired) electrons. The van der Waals surface area contributed by atoms with Crippen LogP contribution in [0, 0.1) is 0 Å². The van der Waals surface area contributed by atoms with Crippen LogP contribution in [0.25, 0.3) is 10.2 Å². The Balaban J connectivity index is 1.43. The summed E-state index contributed by atoms with van der Waals surface area (Å²) in [5, 5.41) is 0.609. The van der Waals surface area contributed by atoms with Crippen LogP contribution in [0.4, 0.5) is 0 Å². The van der Waals surface area contributed by atoms with Gasteiger partial charge in [0.05, 0.1) is 18.5 Å². The van der Waals surface area contributed by atoms with Crippen molar-refractivity contribution in [3.8, 4) is 0 Å². The number of thiophene rings is 1. The molecule has 0 saturated carbocycles. The first-order chi connectivity index (χ1) is 15.1. The molecule has 0 unspecified atom stereocenters. The van der Waals surface area contributed by atoms with Gasteiger partial charge in [-0.25, -0.2) is 4.79 Å². The van der Waals surface area contributed by atoms with Crippen molar-refractivity contribution in [1.82, 2.24) is 14.5 Å². The second-order valence-electron chi connectivity index (χ2n) is 8.37. The average Bonchev–Trinajstić information content (AvgIpc) is 3.15. The number of allylic oxidation sites excluding steroid dienone is 1. The van der Waals surface area contributed by atoms with Crippen LogP contribution in [-0.4, -0.2) is 26.9 Å². The Labute approximate surface area is 183 Å². The maximum atomic E-state index is 13.2. The third-order valence-corrected chi connectivity index (χ3v) is 7.41. The van der Waals surface area contributed by atoms with E-state index in [0.29, 0.717) is 36.1 Å². The van der Waals surface area contributed by atoms with Gasteiger partial charge in [0.15, 0.2) is 0 Å². The van der Waals surface area contributed by atoms with Crippen molar-refractivity contribution in [2.24, 2.45) is 0 Å². The Morgan fingerprint density at radius 3 is 2.71 bits per heavy atom. The molecule has 5 rings (SSSR count). The molecular weight excluding hydrogens is 410 g/mol. The van der Waals surface area contributed by atoms with Gasteiger partial charge in [-0.3, -0.25) is 19.1 Å². The van der Waals surface area contributed by atoms with E-state index < -0.39 is 5.69 Å². The number of carbonyl (C=O) groups excluding carboxylic acids is 1. The topological polar surface area (TPSA) is 75.2 Å². The zero-order valence-electron chi connectivity index (χ0n) is 17.4. The van der Waals surface area contributed by atoms with Gasteiger partial charge in [-0.15, -0.1) is 11.3 Å². The first-order valence-corrected chi connectivity index (χ1v) is 11.7. The number of rotatable bonds is 4. The minimum Gasteiger partial charge on any atom is -0.337 e. The molecule has 0 spiro atoms. The molecule has 7 heteroatoms. The number of nitrogens with zero attached hydrogens (tertiary/aromatic N) is 2. The molecule has 2 aromatic heterocycles. The van der Waals surface area contributed by atoms with Crippen LogP contribution in [0.3, 0.4) is 0 Å². The van der Waals surface area contributed by atoms with Crippen LogP contribution in [0.1, 0.15) is 48.1 Å². The minimum absolute atomic E-state index is 0.159. The summed E-state index contributed by atoms with van der Waals surface area (Å²) in [5.41, 5.74) is 2.52. The molecule has 1 aliphatic heterocycles. The second kappa shape index (κ2) is 8.30. The summed E-state index contributed by atoms with van der Waals surface area (Å²) in [7, 11) is 0. The molecule has 0 fully saturated rings. The molecule has 31 heavy (non-hydrogen) atoms. The zero-order valence-corrected chi connectivity index (χ0v) is 18.2. The standard InChI is InChI=1S/C24H25N3O3S/c28-20(13-16-7-3-1-4-8-16)26-12-11-18-19(15-26)31-22-21(18)23(29)27(24(30)25-22)14-17-9-5-2-6-10-17/h2,5-7,9-10H,1,3-4,8,11-15H2,(H,25,30). The van der Waals surface area contributed by atoms with Gasteiger partial charge in [0.1, 0.15) is 4.83 Å². The number of hydrogen-bond donors (Lipinski definition) is 1. The molecule has 1 aromatic carbocycles. The molecule has 1 aliphatic carbocycles. The highest BCUT2D eigenvalue weighted by Gasteiger charge is 2.27. The lowest BCUT2D eigenvalue weighted by molar-refractivity contribution is -0.131. The Morgan fingerprint density at radius 2 is 1.94 bits per heavy atom. The van der Waals surface area contributed by atoms with Gasteiger partial charge < -0.3 is 4.90 Å². The van der Waals surface area contributed by atoms with Gasteiger partial charge in [-0.2, -0.15) is 0 Å². The van der Waals surface area contributed by atoms with Crippen molar-refractivity contribution >= 4 is 27.5 Å². The number of hydrogen-bond acceptors (Lipinski definition) is 4. The number of H-pyrrole nitrogens is 1. The van der Waals surface area contributed by atoms with Gasteiger partial charge in [0.25, 0.3) is 5.56 Å². The smallest absolute Gasteiger partial charge is 0.329 e. The van der Waals surface area contributed by atoms with E-state index in [-0.39, 0.29) is 18.0 Å². The highest BCUT2D eigenvalue weighted by atomic mass is 32.1. The maximum Gasteiger partial charge on any atom is 0.329 e. The van der Waals surface area contributed by atoms with Gasteiger partial charge in [0.2, 0.25) is 5.91 Å². The highest BCUT2D eigenvalue weighted by molar-refractivity contribution is 7.18. The van der Waals surface area contributed by atoms with E-state index in [0.717, 1.165) is 28.8 Å². The third kappa shape index (κ3) is 3.90. The lowest BCUT2D eigenvalue weighted by Crippen LogP contribution is -2.37. The summed E-state index contributed by atoms with van der Waals surface area (Å²) in [6.45, 7) is 1.37. The van der Waals surface area contributed by atoms with Crippen molar-refractivity contribution in [1.29, 1.82) is 0 Å². The van der Waals surface area contributed by atoms with Crippen LogP contribution >= 0.6 is 11.3 Å².